The highest BCUT2D eigenvalue weighted by Gasteiger charge is 2.27. The number of carbonyl (C=O) groups excluding carboxylic acids is 1. The fourth-order valence-corrected chi connectivity index (χ4v) is 7.86. The average Bonchev–Trinajstić information content (AvgIpc) is 3.72. The number of likely N-dealkylation sites (tertiary alicyclic amines) is 1. The number of aromatic carboxylic acids is 1. The van der Waals surface area contributed by atoms with Gasteiger partial charge < -0.3 is 14.6 Å². The van der Waals surface area contributed by atoms with Crippen LogP contribution in [0.15, 0.2) is 78.2 Å². The standard InChI is InChI=1S/C34H29N3O3S2/c1-21-16-28(41-20-21)26-13-10-23-17-24(11-12-25(23)35-26)32-31(22-8-4-2-5-9-22)33-27(18-29(42-33)34(39)40)37(32)19-30(38)36-14-6-3-7-15-36/h2,4-5,8-13,16-18,20H,3,6-7,14-15,19H2,1H3,(H,39,40). The van der Waals surface area contributed by atoms with E-state index in [1.807, 2.05) is 45.9 Å². The molecule has 1 aliphatic heterocycles. The molecule has 1 saturated heterocycles. The van der Waals surface area contributed by atoms with E-state index in [0.717, 1.165) is 86.4 Å². The van der Waals surface area contributed by atoms with E-state index in [4.69, 9.17) is 4.98 Å². The van der Waals surface area contributed by atoms with E-state index < -0.39 is 5.97 Å². The van der Waals surface area contributed by atoms with Crippen molar-refractivity contribution in [1.29, 1.82) is 0 Å². The molecule has 1 amide bonds. The minimum Gasteiger partial charge on any atom is -0.477 e. The fraction of sp³-hybridized carbons (Fsp3) is 0.206. The molecule has 0 unspecified atom stereocenters. The third-order valence-electron chi connectivity index (χ3n) is 7.96. The van der Waals surface area contributed by atoms with Crippen LogP contribution >= 0.6 is 22.7 Å². The van der Waals surface area contributed by atoms with E-state index in [0.29, 0.717) is 0 Å². The number of carbonyl (C=O) groups is 2. The van der Waals surface area contributed by atoms with Gasteiger partial charge in [-0.05, 0) is 78.6 Å². The first kappa shape index (κ1) is 26.6. The van der Waals surface area contributed by atoms with Gasteiger partial charge in [-0.2, -0.15) is 0 Å². The van der Waals surface area contributed by atoms with Gasteiger partial charge in [0.15, 0.2) is 0 Å². The third kappa shape index (κ3) is 4.80. The second-order valence-electron chi connectivity index (χ2n) is 10.8. The van der Waals surface area contributed by atoms with Crippen molar-refractivity contribution in [2.24, 2.45) is 0 Å². The quantitative estimate of drug-likeness (QED) is 0.211. The molecule has 0 atom stereocenters. The summed E-state index contributed by atoms with van der Waals surface area (Å²) in [5.41, 5.74) is 7.69. The minimum absolute atomic E-state index is 0.0638. The number of amides is 1. The predicted octanol–water partition coefficient (Wildman–Crippen LogP) is 8.33. The van der Waals surface area contributed by atoms with Crippen LogP contribution in [0.1, 0.15) is 34.5 Å². The molecule has 1 fully saturated rings. The van der Waals surface area contributed by atoms with Crippen LogP contribution in [-0.4, -0.2) is 44.5 Å². The lowest BCUT2D eigenvalue weighted by atomic mass is 9.99. The highest BCUT2D eigenvalue weighted by molar-refractivity contribution is 7.21. The van der Waals surface area contributed by atoms with E-state index in [-0.39, 0.29) is 17.3 Å². The average molecular weight is 592 g/mol. The van der Waals surface area contributed by atoms with Gasteiger partial charge in [0.1, 0.15) is 11.4 Å². The number of aromatic nitrogens is 2. The highest BCUT2D eigenvalue weighted by Crippen LogP contribution is 2.45. The molecule has 6 aromatic rings. The molecule has 8 heteroatoms. The van der Waals surface area contributed by atoms with Crippen molar-refractivity contribution < 1.29 is 14.7 Å². The van der Waals surface area contributed by atoms with Gasteiger partial charge in [-0.15, -0.1) is 22.7 Å². The Morgan fingerprint density at radius 3 is 2.48 bits per heavy atom. The highest BCUT2D eigenvalue weighted by atomic mass is 32.1. The summed E-state index contributed by atoms with van der Waals surface area (Å²) in [6.07, 6.45) is 3.18. The van der Waals surface area contributed by atoms with Crippen LogP contribution < -0.4 is 0 Å². The number of carboxylic acid groups (broad SMARTS) is 1. The summed E-state index contributed by atoms with van der Waals surface area (Å²) in [6.45, 7) is 3.78. The number of pyridine rings is 1. The Labute approximate surface area is 251 Å². The van der Waals surface area contributed by atoms with E-state index in [1.165, 1.54) is 16.9 Å². The number of carboxylic acids is 1. The van der Waals surface area contributed by atoms with Gasteiger partial charge in [-0.3, -0.25) is 4.79 Å². The molecular formula is C34H29N3O3S2. The molecule has 210 valence electrons. The van der Waals surface area contributed by atoms with Gasteiger partial charge in [0.05, 0.1) is 32.0 Å². The van der Waals surface area contributed by atoms with Gasteiger partial charge >= 0.3 is 5.97 Å². The summed E-state index contributed by atoms with van der Waals surface area (Å²) in [7, 11) is 0. The third-order valence-corrected chi connectivity index (χ3v) is 10.2. The maximum Gasteiger partial charge on any atom is 0.345 e. The molecule has 7 rings (SSSR count). The Balaban J connectivity index is 1.42. The molecule has 2 aromatic carbocycles. The zero-order valence-electron chi connectivity index (χ0n) is 23.2. The lowest BCUT2D eigenvalue weighted by Crippen LogP contribution is -2.37. The SMILES string of the molecule is Cc1csc(-c2ccc3cc(-c4c(-c5ccccc5)c5sc(C(=O)O)cc5n4CC(=O)N4CCCCC4)ccc3n2)c1. The van der Waals surface area contributed by atoms with Crippen LogP contribution in [0.25, 0.3) is 54.1 Å². The number of benzene rings is 2. The van der Waals surface area contributed by atoms with Crippen molar-refractivity contribution in [1.82, 2.24) is 14.5 Å². The van der Waals surface area contributed by atoms with E-state index >= 15 is 0 Å². The van der Waals surface area contributed by atoms with Gasteiger partial charge in [0.2, 0.25) is 5.91 Å². The smallest absolute Gasteiger partial charge is 0.345 e. The zero-order valence-corrected chi connectivity index (χ0v) is 24.8. The summed E-state index contributed by atoms with van der Waals surface area (Å²) >= 11 is 2.96. The molecule has 0 bridgehead atoms. The molecule has 42 heavy (non-hydrogen) atoms. The van der Waals surface area contributed by atoms with Gasteiger partial charge in [-0.25, -0.2) is 9.78 Å². The van der Waals surface area contributed by atoms with Gasteiger partial charge in [0, 0.05) is 24.0 Å². The molecule has 0 radical (unpaired) electrons. The number of fused-ring (bicyclic) bond motifs is 2. The summed E-state index contributed by atoms with van der Waals surface area (Å²) in [5, 5.41) is 13.0. The molecule has 6 nitrogen and oxygen atoms in total. The number of rotatable bonds is 6. The van der Waals surface area contributed by atoms with Crippen molar-refractivity contribution in [2.45, 2.75) is 32.7 Å². The Hall–Kier alpha value is -4.27. The van der Waals surface area contributed by atoms with Gasteiger partial charge in [0.25, 0.3) is 0 Å². The first-order valence-electron chi connectivity index (χ1n) is 14.2. The Kier molecular flexibility index (Phi) is 6.88. The maximum absolute atomic E-state index is 13.7. The summed E-state index contributed by atoms with van der Waals surface area (Å²) in [6, 6.07) is 24.4. The van der Waals surface area contributed by atoms with Crippen molar-refractivity contribution in [3.8, 4) is 33.0 Å². The lowest BCUT2D eigenvalue weighted by Gasteiger charge is -2.27. The first-order chi connectivity index (χ1) is 20.5. The van der Waals surface area contributed by atoms with Crippen molar-refractivity contribution in [2.75, 3.05) is 13.1 Å². The second-order valence-corrected chi connectivity index (χ2v) is 12.8. The molecule has 5 heterocycles. The molecular weight excluding hydrogens is 563 g/mol. The fourth-order valence-electron chi connectivity index (χ4n) is 5.92. The Morgan fingerprint density at radius 1 is 0.929 bits per heavy atom. The van der Waals surface area contributed by atoms with E-state index in [2.05, 4.69) is 42.6 Å². The van der Waals surface area contributed by atoms with E-state index in [9.17, 15) is 14.7 Å². The number of piperidine rings is 1. The van der Waals surface area contributed by atoms with Crippen LogP contribution in [0, 0.1) is 6.92 Å². The van der Waals surface area contributed by atoms with Crippen molar-refractivity contribution >= 4 is 55.7 Å². The first-order valence-corrected chi connectivity index (χ1v) is 15.8. The van der Waals surface area contributed by atoms with Crippen LogP contribution in [0.5, 0.6) is 0 Å². The topological polar surface area (TPSA) is 75.4 Å². The van der Waals surface area contributed by atoms with Crippen LogP contribution in [0.3, 0.4) is 0 Å². The van der Waals surface area contributed by atoms with Crippen LogP contribution in [-0.2, 0) is 11.3 Å². The number of hydrogen-bond donors (Lipinski definition) is 1. The van der Waals surface area contributed by atoms with Crippen LogP contribution in [0.4, 0.5) is 0 Å². The lowest BCUT2D eigenvalue weighted by molar-refractivity contribution is -0.132. The molecule has 4 aromatic heterocycles. The molecule has 1 N–H and O–H groups in total. The number of hydrogen-bond acceptors (Lipinski definition) is 5. The van der Waals surface area contributed by atoms with Crippen molar-refractivity contribution in [3.63, 3.8) is 0 Å². The zero-order chi connectivity index (χ0) is 28.8. The second kappa shape index (κ2) is 10.9. The van der Waals surface area contributed by atoms with E-state index in [1.54, 1.807) is 17.4 Å². The summed E-state index contributed by atoms with van der Waals surface area (Å²) in [5.74, 6) is -0.895. The summed E-state index contributed by atoms with van der Waals surface area (Å²) in [4.78, 5) is 34.0. The number of nitrogens with zero attached hydrogens (tertiary/aromatic N) is 3. The largest absolute Gasteiger partial charge is 0.477 e. The number of aryl methyl sites for hydroxylation is 1. The molecule has 0 aliphatic carbocycles. The summed E-state index contributed by atoms with van der Waals surface area (Å²) < 4.78 is 2.91. The van der Waals surface area contributed by atoms with Crippen molar-refractivity contribution in [3.05, 3.63) is 88.6 Å². The molecule has 1 aliphatic rings. The molecule has 0 spiro atoms. The Morgan fingerprint density at radius 2 is 1.74 bits per heavy atom. The Bertz CT molecular complexity index is 1960. The van der Waals surface area contributed by atoms with Gasteiger partial charge in [-0.1, -0.05) is 42.5 Å². The number of thiophene rings is 2. The normalized spacial score (nSPS) is 13.7. The monoisotopic (exact) mass is 591 g/mol. The predicted molar refractivity (Wildman–Crippen MR) is 171 cm³/mol. The van der Waals surface area contributed by atoms with Crippen LogP contribution in [0.2, 0.25) is 0 Å². The molecule has 0 saturated carbocycles. The maximum atomic E-state index is 13.7. The minimum atomic E-state index is -0.959.